The Bertz CT molecular complexity index is 1040. The Morgan fingerprint density at radius 2 is 1.79 bits per heavy atom. The van der Waals surface area contributed by atoms with Gasteiger partial charge >= 0.3 is 6.18 Å². The van der Waals surface area contributed by atoms with Crippen molar-refractivity contribution < 1.29 is 13.2 Å². The zero-order chi connectivity index (χ0) is 20.6. The number of halogens is 4. The smallest absolute Gasteiger partial charge is 0.241 e. The van der Waals surface area contributed by atoms with Crippen LogP contribution in [-0.2, 0) is 25.4 Å². The topological polar surface area (TPSA) is 12.9 Å². The van der Waals surface area contributed by atoms with E-state index in [4.69, 9.17) is 0 Å². The minimum Gasteiger partial charge on any atom is -0.241 e. The maximum atomic E-state index is 13.5. The van der Waals surface area contributed by atoms with Gasteiger partial charge in [-0.05, 0) is 89.6 Å². The summed E-state index contributed by atoms with van der Waals surface area (Å²) in [5, 5.41) is 2.76. The van der Waals surface area contributed by atoms with Gasteiger partial charge in [0.1, 0.15) is 5.01 Å². The highest BCUT2D eigenvalue weighted by Crippen LogP contribution is 2.36. The van der Waals surface area contributed by atoms with Crippen LogP contribution in [0.3, 0.4) is 0 Å². The molecule has 0 bridgehead atoms. The number of aromatic nitrogens is 1. The Balaban J connectivity index is 1.63. The van der Waals surface area contributed by atoms with Crippen LogP contribution in [0.1, 0.15) is 52.8 Å². The van der Waals surface area contributed by atoms with Gasteiger partial charge in [0.25, 0.3) is 0 Å². The van der Waals surface area contributed by atoms with E-state index in [0.29, 0.717) is 9.26 Å². The molecule has 0 aliphatic heterocycles. The third-order valence-electron chi connectivity index (χ3n) is 5.46. The second-order valence-corrected chi connectivity index (χ2v) is 9.64. The normalized spacial score (nSPS) is 14.5. The Labute approximate surface area is 186 Å². The van der Waals surface area contributed by atoms with E-state index in [0.717, 1.165) is 29.0 Å². The van der Waals surface area contributed by atoms with Gasteiger partial charge in [-0.25, -0.2) is 4.98 Å². The van der Waals surface area contributed by atoms with Crippen molar-refractivity contribution in [3.63, 3.8) is 0 Å². The maximum absolute atomic E-state index is 13.5. The zero-order valence-corrected chi connectivity index (χ0v) is 19.0. The van der Waals surface area contributed by atoms with Gasteiger partial charge in [-0.3, -0.25) is 0 Å². The van der Waals surface area contributed by atoms with Crippen LogP contribution in [0.5, 0.6) is 0 Å². The molecule has 1 nitrogen and oxygen atoms in total. The highest BCUT2D eigenvalue weighted by atomic mass is 127. The number of rotatable bonds is 3. The lowest BCUT2D eigenvalue weighted by Gasteiger charge is -2.14. The van der Waals surface area contributed by atoms with Crippen molar-refractivity contribution in [2.45, 2.75) is 51.6 Å². The molecule has 6 heteroatoms. The molecule has 1 aliphatic rings. The summed E-state index contributed by atoms with van der Waals surface area (Å²) in [7, 11) is 0. The molecule has 0 fully saturated rings. The van der Waals surface area contributed by atoms with E-state index < -0.39 is 11.7 Å². The van der Waals surface area contributed by atoms with Crippen LogP contribution < -0.4 is 0 Å². The van der Waals surface area contributed by atoms with Crippen LogP contribution in [0.15, 0.2) is 35.7 Å². The average Bonchev–Trinajstić information content (AvgIpc) is 2.99. The molecule has 0 unspecified atom stereocenters. The number of alkyl halides is 3. The third kappa shape index (κ3) is 4.68. The fraction of sp³-hybridized carbons (Fsp3) is 0.348. The maximum Gasteiger partial charge on any atom is 0.416 e. The first-order valence-corrected chi connectivity index (χ1v) is 11.7. The van der Waals surface area contributed by atoms with E-state index >= 15 is 0 Å². The van der Waals surface area contributed by atoms with Crippen molar-refractivity contribution in [3.8, 4) is 10.6 Å². The van der Waals surface area contributed by atoms with Gasteiger partial charge in [-0.15, -0.1) is 11.3 Å². The summed E-state index contributed by atoms with van der Waals surface area (Å²) < 4.78 is 41.1. The summed E-state index contributed by atoms with van der Waals surface area (Å²) in [4.78, 5) is 4.67. The molecule has 0 atom stereocenters. The number of benzene rings is 2. The van der Waals surface area contributed by atoms with Gasteiger partial charge in [0.05, 0.1) is 11.3 Å². The molecule has 4 rings (SSSR count). The molecule has 0 spiro atoms. The van der Waals surface area contributed by atoms with E-state index in [2.05, 4.69) is 23.2 Å². The Hall–Kier alpha value is -1.41. The van der Waals surface area contributed by atoms with E-state index in [1.54, 1.807) is 6.07 Å². The fourth-order valence-electron chi connectivity index (χ4n) is 3.91. The minimum absolute atomic E-state index is 0.189. The molecule has 3 aromatic rings. The third-order valence-corrected chi connectivity index (χ3v) is 7.56. The number of aryl methyl sites for hydroxylation is 3. The standard InChI is InChI=1S/C23H21F3INS/c1-14-9-18(20(12-21(14)27)23(24,25)26)11-19-13-29-22(28-19)17-8-7-15-5-3-2-4-6-16(15)10-17/h7-10,12-13H,2-6,11H2,1H3. The Kier molecular flexibility index (Phi) is 6.02. The van der Waals surface area contributed by atoms with Gasteiger partial charge in [-0.1, -0.05) is 24.6 Å². The molecule has 1 aromatic heterocycles. The fourth-order valence-corrected chi connectivity index (χ4v) is 5.19. The summed E-state index contributed by atoms with van der Waals surface area (Å²) in [6, 6.07) is 9.40. The van der Waals surface area contributed by atoms with Crippen LogP contribution in [0.2, 0.25) is 0 Å². The monoisotopic (exact) mass is 527 g/mol. The Morgan fingerprint density at radius 3 is 2.55 bits per heavy atom. The molecule has 29 heavy (non-hydrogen) atoms. The highest BCUT2D eigenvalue weighted by molar-refractivity contribution is 14.1. The van der Waals surface area contributed by atoms with Gasteiger partial charge in [-0.2, -0.15) is 13.2 Å². The van der Waals surface area contributed by atoms with Gasteiger partial charge in [0.2, 0.25) is 0 Å². The van der Waals surface area contributed by atoms with Crippen LogP contribution >= 0.6 is 33.9 Å². The lowest BCUT2D eigenvalue weighted by molar-refractivity contribution is -0.138. The van der Waals surface area contributed by atoms with Crippen molar-refractivity contribution >= 4 is 33.9 Å². The largest absolute Gasteiger partial charge is 0.416 e. The van der Waals surface area contributed by atoms with Gasteiger partial charge in [0.15, 0.2) is 0 Å². The van der Waals surface area contributed by atoms with E-state index in [1.807, 2.05) is 34.9 Å². The zero-order valence-electron chi connectivity index (χ0n) is 16.1. The highest BCUT2D eigenvalue weighted by Gasteiger charge is 2.34. The van der Waals surface area contributed by atoms with E-state index in [1.165, 1.54) is 47.8 Å². The first-order chi connectivity index (χ1) is 13.8. The molecule has 1 aliphatic carbocycles. The van der Waals surface area contributed by atoms with Crippen molar-refractivity contribution in [3.05, 3.63) is 72.8 Å². The predicted octanol–water partition coefficient (Wildman–Crippen LogP) is 7.60. The minimum atomic E-state index is -4.36. The summed E-state index contributed by atoms with van der Waals surface area (Å²) in [5.41, 5.74) is 5.15. The lowest BCUT2D eigenvalue weighted by Crippen LogP contribution is -2.11. The van der Waals surface area contributed by atoms with Crippen LogP contribution in [0.25, 0.3) is 10.6 Å². The first kappa shape index (κ1) is 20.8. The number of hydrogen-bond donors (Lipinski definition) is 0. The van der Waals surface area contributed by atoms with Crippen molar-refractivity contribution in [2.24, 2.45) is 0 Å². The van der Waals surface area contributed by atoms with Crippen molar-refractivity contribution in [1.82, 2.24) is 4.98 Å². The number of nitrogens with zero attached hydrogens (tertiary/aromatic N) is 1. The molecule has 0 amide bonds. The Morgan fingerprint density at radius 1 is 1.03 bits per heavy atom. The second kappa shape index (κ2) is 8.38. The number of hydrogen-bond acceptors (Lipinski definition) is 2. The summed E-state index contributed by atoms with van der Waals surface area (Å²) in [5.74, 6) is 0. The molecular formula is C23H21F3INS. The lowest BCUT2D eigenvalue weighted by atomic mass is 9.99. The first-order valence-electron chi connectivity index (χ1n) is 9.74. The van der Waals surface area contributed by atoms with Gasteiger partial charge in [0, 0.05) is 20.9 Å². The van der Waals surface area contributed by atoms with Crippen LogP contribution in [0, 0.1) is 10.5 Å². The summed E-state index contributed by atoms with van der Waals surface area (Å²) in [6.07, 6.45) is 1.77. The molecular weight excluding hydrogens is 506 g/mol. The van der Waals surface area contributed by atoms with Gasteiger partial charge < -0.3 is 0 Å². The predicted molar refractivity (Wildman–Crippen MR) is 121 cm³/mol. The molecule has 2 aromatic carbocycles. The molecule has 0 saturated heterocycles. The quantitative estimate of drug-likeness (QED) is 0.253. The molecule has 0 saturated carbocycles. The second-order valence-electron chi connectivity index (χ2n) is 7.62. The number of fused-ring (bicyclic) bond motifs is 1. The summed E-state index contributed by atoms with van der Waals surface area (Å²) in [6.45, 7) is 1.84. The molecule has 0 N–H and O–H groups in total. The van der Waals surface area contributed by atoms with Crippen LogP contribution in [0.4, 0.5) is 13.2 Å². The molecule has 152 valence electrons. The molecule has 1 heterocycles. The van der Waals surface area contributed by atoms with Crippen LogP contribution in [-0.4, -0.2) is 4.98 Å². The van der Waals surface area contributed by atoms with E-state index in [-0.39, 0.29) is 12.0 Å². The van der Waals surface area contributed by atoms with E-state index in [9.17, 15) is 13.2 Å². The van der Waals surface area contributed by atoms with Crippen molar-refractivity contribution in [1.29, 1.82) is 0 Å². The van der Waals surface area contributed by atoms with Crippen molar-refractivity contribution in [2.75, 3.05) is 0 Å². The average molecular weight is 527 g/mol. The summed E-state index contributed by atoms with van der Waals surface area (Å²) >= 11 is 3.46. The number of thiazole rings is 1. The SMILES string of the molecule is Cc1cc(Cc2csc(-c3ccc4c(c3)CCCCC4)n2)c(C(F)(F)F)cc1I. The molecule has 0 radical (unpaired) electrons.